The van der Waals surface area contributed by atoms with Crippen molar-refractivity contribution in [3.05, 3.63) is 24.8 Å². The van der Waals surface area contributed by atoms with Gasteiger partial charge in [0.15, 0.2) is 0 Å². The third kappa shape index (κ3) is 5.62. The van der Waals surface area contributed by atoms with Gasteiger partial charge in [-0.2, -0.15) is 0 Å². The molecule has 2 aliphatic rings. The molecule has 0 heterocycles. The molecular formula is C20H34O. The van der Waals surface area contributed by atoms with Crippen molar-refractivity contribution < 1.29 is 4.74 Å². The molecule has 2 fully saturated rings. The van der Waals surface area contributed by atoms with E-state index in [1.807, 2.05) is 6.08 Å². The number of unbranched alkanes of at least 4 members (excludes halogenated alkanes) is 1. The van der Waals surface area contributed by atoms with Crippen LogP contribution in [0.4, 0.5) is 0 Å². The summed E-state index contributed by atoms with van der Waals surface area (Å²) in [5, 5.41) is 0. The van der Waals surface area contributed by atoms with Crippen molar-refractivity contribution in [2.75, 3.05) is 6.61 Å². The second kappa shape index (κ2) is 9.46. The van der Waals surface area contributed by atoms with Crippen LogP contribution in [0.15, 0.2) is 24.8 Å². The molecular weight excluding hydrogens is 256 g/mol. The molecule has 2 rings (SSSR count). The van der Waals surface area contributed by atoms with Crippen LogP contribution in [0.3, 0.4) is 0 Å². The van der Waals surface area contributed by atoms with Gasteiger partial charge in [-0.1, -0.05) is 31.6 Å². The minimum absolute atomic E-state index is 0.507. The van der Waals surface area contributed by atoms with Crippen LogP contribution < -0.4 is 0 Å². The van der Waals surface area contributed by atoms with Crippen LogP contribution in [0.1, 0.15) is 71.1 Å². The number of rotatable bonds is 7. The molecule has 0 spiro atoms. The quantitative estimate of drug-likeness (QED) is 0.529. The van der Waals surface area contributed by atoms with E-state index in [1.54, 1.807) is 0 Å². The Kier molecular flexibility index (Phi) is 7.57. The van der Waals surface area contributed by atoms with Gasteiger partial charge in [-0.25, -0.2) is 0 Å². The molecule has 21 heavy (non-hydrogen) atoms. The summed E-state index contributed by atoms with van der Waals surface area (Å²) in [6, 6.07) is 0. The summed E-state index contributed by atoms with van der Waals surface area (Å²) in [5.74, 6) is 2.86. The van der Waals surface area contributed by atoms with Crippen molar-refractivity contribution in [3.8, 4) is 0 Å². The zero-order valence-electron chi connectivity index (χ0n) is 13.9. The molecule has 2 aliphatic carbocycles. The second-order valence-electron chi connectivity index (χ2n) is 7.05. The van der Waals surface area contributed by atoms with Gasteiger partial charge in [0.25, 0.3) is 0 Å². The van der Waals surface area contributed by atoms with Crippen molar-refractivity contribution in [1.82, 2.24) is 0 Å². The van der Waals surface area contributed by atoms with Gasteiger partial charge in [0.05, 0.1) is 12.7 Å². The highest BCUT2D eigenvalue weighted by Gasteiger charge is 2.30. The highest BCUT2D eigenvalue weighted by Crippen LogP contribution is 2.40. The Morgan fingerprint density at radius 1 is 0.952 bits per heavy atom. The van der Waals surface area contributed by atoms with E-state index in [0.717, 1.165) is 24.4 Å². The van der Waals surface area contributed by atoms with E-state index in [9.17, 15) is 0 Å². The summed E-state index contributed by atoms with van der Waals surface area (Å²) >= 11 is 0. The van der Waals surface area contributed by atoms with E-state index < -0.39 is 0 Å². The fourth-order valence-corrected chi connectivity index (χ4v) is 4.19. The smallest absolute Gasteiger partial charge is 0.0648 e. The fraction of sp³-hybridized carbons (Fsp3) is 0.800. The summed E-state index contributed by atoms with van der Waals surface area (Å²) in [7, 11) is 0. The van der Waals surface area contributed by atoms with Gasteiger partial charge in [-0.3, -0.25) is 0 Å². The maximum atomic E-state index is 5.81. The van der Waals surface area contributed by atoms with Crippen LogP contribution in [0, 0.1) is 17.8 Å². The van der Waals surface area contributed by atoms with Gasteiger partial charge in [-0.05, 0) is 75.5 Å². The van der Waals surface area contributed by atoms with Crippen molar-refractivity contribution in [1.29, 1.82) is 0 Å². The summed E-state index contributed by atoms with van der Waals surface area (Å²) in [6.45, 7) is 6.72. The lowest BCUT2D eigenvalue weighted by Gasteiger charge is -2.37. The Morgan fingerprint density at radius 3 is 2.14 bits per heavy atom. The molecule has 0 aliphatic heterocycles. The van der Waals surface area contributed by atoms with Crippen molar-refractivity contribution in [3.63, 3.8) is 0 Å². The molecule has 0 amide bonds. The second-order valence-corrected chi connectivity index (χ2v) is 7.05. The lowest BCUT2D eigenvalue weighted by Crippen LogP contribution is -2.28. The van der Waals surface area contributed by atoms with E-state index in [2.05, 4.69) is 25.7 Å². The molecule has 0 atom stereocenters. The van der Waals surface area contributed by atoms with Crippen molar-refractivity contribution in [2.45, 2.75) is 77.2 Å². The predicted octanol–water partition coefficient (Wildman–Crippen LogP) is 5.91. The molecule has 2 saturated carbocycles. The average molecular weight is 290 g/mol. The first kappa shape index (κ1) is 16.8. The van der Waals surface area contributed by atoms with Crippen molar-refractivity contribution >= 4 is 0 Å². The molecule has 0 aromatic rings. The Balaban J connectivity index is 1.65. The predicted molar refractivity (Wildman–Crippen MR) is 91.4 cm³/mol. The fourth-order valence-electron chi connectivity index (χ4n) is 4.19. The van der Waals surface area contributed by atoms with Gasteiger partial charge < -0.3 is 4.74 Å². The number of allylic oxidation sites excluding steroid dienone is 2. The number of hydrogen-bond donors (Lipinski definition) is 0. The minimum atomic E-state index is 0.507. The summed E-state index contributed by atoms with van der Waals surface area (Å²) in [5.41, 5.74) is 0. The topological polar surface area (TPSA) is 9.23 Å². The van der Waals surface area contributed by atoms with Gasteiger partial charge in [-0.15, -0.1) is 6.58 Å². The minimum Gasteiger partial charge on any atom is -0.374 e. The van der Waals surface area contributed by atoms with E-state index >= 15 is 0 Å². The maximum Gasteiger partial charge on any atom is 0.0648 e. The molecule has 0 aromatic carbocycles. The molecule has 120 valence electrons. The van der Waals surface area contributed by atoms with Crippen LogP contribution in [-0.4, -0.2) is 12.7 Å². The lowest BCUT2D eigenvalue weighted by atomic mass is 9.70. The molecule has 0 radical (unpaired) electrons. The third-order valence-corrected chi connectivity index (χ3v) is 5.52. The number of hydrogen-bond acceptors (Lipinski definition) is 1. The van der Waals surface area contributed by atoms with Gasteiger partial charge in [0, 0.05) is 0 Å². The number of ether oxygens (including phenoxy) is 1. The van der Waals surface area contributed by atoms with E-state index in [1.165, 1.54) is 64.2 Å². The third-order valence-electron chi connectivity index (χ3n) is 5.52. The Morgan fingerprint density at radius 2 is 1.57 bits per heavy atom. The summed E-state index contributed by atoms with van der Waals surface area (Å²) in [4.78, 5) is 0. The first-order valence-electron chi connectivity index (χ1n) is 9.22. The molecule has 0 aromatic heterocycles. The van der Waals surface area contributed by atoms with Gasteiger partial charge in [0.1, 0.15) is 0 Å². The van der Waals surface area contributed by atoms with Crippen molar-refractivity contribution in [2.24, 2.45) is 17.8 Å². The highest BCUT2D eigenvalue weighted by atomic mass is 16.5. The van der Waals surface area contributed by atoms with Crippen LogP contribution >= 0.6 is 0 Å². The highest BCUT2D eigenvalue weighted by molar-refractivity contribution is 4.92. The van der Waals surface area contributed by atoms with Gasteiger partial charge in [0.2, 0.25) is 0 Å². The van der Waals surface area contributed by atoms with E-state index in [0.29, 0.717) is 6.10 Å². The Labute approximate surface area is 131 Å². The normalized spacial score (nSPS) is 34.1. The van der Waals surface area contributed by atoms with E-state index in [-0.39, 0.29) is 0 Å². The Hall–Kier alpha value is -0.560. The summed E-state index contributed by atoms with van der Waals surface area (Å²) in [6.07, 6.45) is 20.9. The molecule has 0 bridgehead atoms. The van der Waals surface area contributed by atoms with Gasteiger partial charge >= 0.3 is 0 Å². The summed E-state index contributed by atoms with van der Waals surface area (Å²) < 4.78 is 5.81. The van der Waals surface area contributed by atoms with Crippen LogP contribution in [-0.2, 0) is 4.74 Å². The van der Waals surface area contributed by atoms with Crippen LogP contribution in [0.5, 0.6) is 0 Å². The first-order valence-corrected chi connectivity index (χ1v) is 9.22. The SMILES string of the molecule is C=CCOC1CCC(C2CCC(/C=C/CCC)CC2)CC1. The Bertz CT molecular complexity index is 304. The monoisotopic (exact) mass is 290 g/mol. The van der Waals surface area contributed by atoms with Crippen LogP contribution in [0.2, 0.25) is 0 Å². The molecule has 0 saturated heterocycles. The molecule has 0 unspecified atom stereocenters. The van der Waals surface area contributed by atoms with Crippen LogP contribution in [0.25, 0.3) is 0 Å². The molecule has 1 heteroatoms. The molecule has 0 N–H and O–H groups in total. The average Bonchev–Trinajstić information content (AvgIpc) is 2.54. The zero-order chi connectivity index (χ0) is 14.9. The van der Waals surface area contributed by atoms with E-state index in [4.69, 9.17) is 4.74 Å². The maximum absolute atomic E-state index is 5.81. The zero-order valence-corrected chi connectivity index (χ0v) is 13.9. The largest absolute Gasteiger partial charge is 0.374 e. The lowest BCUT2D eigenvalue weighted by molar-refractivity contribution is 0.0220. The first-order chi connectivity index (χ1) is 10.3. The standard InChI is InChI=1S/C20H34O/c1-3-5-6-7-17-8-10-18(11-9-17)19-12-14-20(15-13-19)21-16-4-2/h4,6-7,17-20H,2-3,5,8-16H2,1H3/b7-6+. The molecule has 1 nitrogen and oxygen atoms in total.